The molecule has 0 bridgehead atoms. The summed E-state index contributed by atoms with van der Waals surface area (Å²) in [7, 11) is 2.72. The third kappa shape index (κ3) is 18.7. The van der Waals surface area contributed by atoms with Crippen LogP contribution < -0.4 is 11.0 Å². The second kappa shape index (κ2) is 40.1. The van der Waals surface area contributed by atoms with E-state index in [2.05, 4.69) is 35.9 Å². The van der Waals surface area contributed by atoms with Crippen molar-refractivity contribution in [3.63, 3.8) is 0 Å². The SMILES string of the molecule is COC(=O)C1(c2cccc(F)c2C)Cc2nc(-c3ccc(F)cc3C)sc2C1.COC(=O)C1(c2cccc(F)c2C)Cc2nc(Br)sc2C1.Cc1cc(F)ccc1-c1nc2c(s1)CC(C(=O)O)(c1cccc(F)c1C)C2.Cc1cc(F)ccc1-c1nc2c(s1)C[C@@](C(=O)NO)(c1cccc(F)c1C)C2.Cc1cc(F)ccc1-c1nc2c(s1)C[C@](C(=O)NO)(c1cccc(F)c1C)C2.S.S. The minimum atomic E-state index is -1.20. The zero-order chi connectivity index (χ0) is 94.7. The molecule has 14 aromatic rings. The Labute approximate surface area is 808 Å². The lowest BCUT2D eigenvalue weighted by molar-refractivity contribution is -0.148. The van der Waals surface area contributed by atoms with E-state index in [0.29, 0.717) is 94.2 Å². The number of aromatic nitrogens is 5. The highest BCUT2D eigenvalue weighted by Crippen LogP contribution is 2.53. The Kier molecular flexibility index (Phi) is 30.0. The number of nitrogens with zero attached hydrogens (tertiary/aromatic N) is 5. The van der Waals surface area contributed by atoms with Crippen molar-refractivity contribution in [2.45, 2.75) is 154 Å². The Balaban J connectivity index is 0.000000142. The lowest BCUT2D eigenvalue weighted by Gasteiger charge is -2.28. The van der Waals surface area contributed by atoms with E-state index in [1.165, 1.54) is 150 Å². The molecule has 19 rings (SSSR count). The molecule has 5 aromatic heterocycles. The average molecular weight is 2020 g/mol. The van der Waals surface area contributed by atoms with Crippen molar-refractivity contribution in [1.82, 2.24) is 35.9 Å². The molecule has 0 fully saturated rings. The zero-order valence-electron chi connectivity index (χ0n) is 73.9. The first-order valence-corrected chi connectivity index (χ1v) is 46.5. The molecule has 5 atom stereocenters. The van der Waals surface area contributed by atoms with E-state index in [4.69, 9.17) is 14.5 Å². The Morgan fingerprint density at radius 1 is 0.328 bits per heavy atom. The summed E-state index contributed by atoms with van der Waals surface area (Å²) in [6, 6.07) is 41.8. The first-order valence-electron chi connectivity index (χ1n) is 41.6. The Hall–Kier alpha value is -11.1. The van der Waals surface area contributed by atoms with Crippen LogP contribution in [0.1, 0.15) is 131 Å². The third-order valence-corrected chi connectivity index (χ3v) is 31.8. The van der Waals surface area contributed by atoms with Gasteiger partial charge in [0.05, 0.1) is 53.5 Å². The van der Waals surface area contributed by atoms with E-state index in [9.17, 15) is 79.0 Å². The minimum Gasteiger partial charge on any atom is -0.481 e. The van der Waals surface area contributed by atoms with Crippen LogP contribution in [0.4, 0.5) is 39.5 Å². The number of thiazole rings is 5. The first kappa shape index (κ1) is 100. The van der Waals surface area contributed by atoms with Crippen molar-refractivity contribution < 1.29 is 88.5 Å². The fraction of sp³-hybridized carbons (Fsp3) is 0.260. The van der Waals surface area contributed by atoms with E-state index in [-0.39, 0.29) is 99.5 Å². The molecule has 9 aromatic carbocycles. The topological polar surface area (TPSA) is 253 Å². The lowest BCUT2D eigenvalue weighted by Crippen LogP contribution is -2.44. The number of ether oxygens (including phenoxy) is 2. The molecule has 0 aliphatic heterocycles. The molecule has 5 N–H and O–H groups in total. The molecule has 134 heavy (non-hydrogen) atoms. The number of fused-ring (bicyclic) bond motifs is 5. The number of esters is 2. The number of carbonyl (C=O) groups is 5. The second-order valence-electron chi connectivity index (χ2n) is 33.6. The molecule has 5 aliphatic rings. The van der Waals surface area contributed by atoms with Gasteiger partial charge in [0.1, 0.15) is 88.6 Å². The van der Waals surface area contributed by atoms with Gasteiger partial charge in [0, 0.05) is 111 Å². The monoisotopic (exact) mass is 2020 g/mol. The standard InChI is InChI=1S/C22H19F2NO2S.2C21H18F2N2O2S.C21H17F2NO2S.C15H13BrFNO2S.2H2S/c1-12-9-14(23)7-8-15(12)20-25-18-10-22(21(26)27-3,11-19(18)28-20)16-5-4-6-17(24)13(16)2;2*1-11-8-13(22)6-7-14(11)19-24-17-9-21(20(26)25-27,10-18(17)28-19)15-4-3-5-16(23)12(15)2;1-11-8-13(22)6-7-14(11)19-24-17-9-21(20(25)26,10-18(17)27-19)15-4-3-5-16(23)12(15)2;1-8-9(4-3-5-10(8)17)15(13(19)20-2)6-11-12(7-15)21-14(16)18-11;;/h4-9H,10-11H2,1-3H3;2*3-8,27H,9-10H2,1-2H3,(H,25,26);3-8H,9-10H2,1-2H3,(H,25,26);3-5H,6-7H2,1-2H3;2*1H2/t;2*21-;;;;/m.10..../s1. The number of aryl methyl sites for hydroxylation is 4. The Morgan fingerprint density at radius 2 is 0.552 bits per heavy atom. The quantitative estimate of drug-likeness (QED) is 0.0294. The molecule has 5 aliphatic carbocycles. The highest BCUT2D eigenvalue weighted by atomic mass is 79.9. The van der Waals surface area contributed by atoms with Crippen molar-refractivity contribution in [3.05, 3.63) is 351 Å². The number of carbonyl (C=O) groups excluding carboxylic acids is 4. The van der Waals surface area contributed by atoms with E-state index in [0.717, 1.165) is 121 Å². The summed E-state index contributed by atoms with van der Waals surface area (Å²) in [5, 5.41) is 31.8. The van der Waals surface area contributed by atoms with Gasteiger partial charge in [0.15, 0.2) is 3.92 Å². The summed E-state index contributed by atoms with van der Waals surface area (Å²) >= 11 is 10.7. The summed E-state index contributed by atoms with van der Waals surface area (Å²) in [5.74, 6) is -5.87. The molecule has 3 unspecified atom stereocenters. The fourth-order valence-electron chi connectivity index (χ4n) is 18.8. The third-order valence-electron chi connectivity index (χ3n) is 25.7. The van der Waals surface area contributed by atoms with E-state index < -0.39 is 62.3 Å². The summed E-state index contributed by atoms with van der Waals surface area (Å²) in [5.41, 5.74) is 13.8. The Bertz CT molecular complexity index is 6450. The van der Waals surface area contributed by atoms with Crippen molar-refractivity contribution in [1.29, 1.82) is 0 Å². The number of methoxy groups -OCH3 is 2. The van der Waals surface area contributed by atoms with E-state index in [1.54, 1.807) is 131 Å². The number of benzene rings is 9. The van der Waals surface area contributed by atoms with Gasteiger partial charge in [-0.15, -0.1) is 56.7 Å². The largest absolute Gasteiger partial charge is 0.481 e. The van der Waals surface area contributed by atoms with Gasteiger partial charge in [-0.05, 0) is 259 Å². The van der Waals surface area contributed by atoms with Crippen molar-refractivity contribution in [3.8, 4) is 42.3 Å². The first-order chi connectivity index (χ1) is 62.8. The van der Waals surface area contributed by atoms with Gasteiger partial charge in [0.25, 0.3) is 11.8 Å². The van der Waals surface area contributed by atoms with Gasteiger partial charge in [-0.3, -0.25) is 34.4 Å². The molecule has 5 heterocycles. The smallest absolute Gasteiger partial charge is 0.317 e. The highest BCUT2D eigenvalue weighted by Gasteiger charge is 2.54. The molecule has 0 spiro atoms. The number of amides is 2. The van der Waals surface area contributed by atoms with Crippen LogP contribution in [0.3, 0.4) is 0 Å². The number of hydrogen-bond donors (Lipinski definition) is 5. The average Bonchev–Trinajstić information content (AvgIpc) is 1.60. The van der Waals surface area contributed by atoms with E-state index in [1.807, 2.05) is 27.7 Å². The van der Waals surface area contributed by atoms with Gasteiger partial charge in [-0.1, -0.05) is 60.7 Å². The van der Waals surface area contributed by atoms with Gasteiger partial charge in [-0.25, -0.2) is 75.4 Å². The number of carboxylic acids is 1. The number of carboxylic acid groups (broad SMARTS) is 1. The van der Waals surface area contributed by atoms with Crippen LogP contribution in [0.25, 0.3) is 42.3 Å². The van der Waals surface area contributed by atoms with Gasteiger partial charge in [0.2, 0.25) is 0 Å². The van der Waals surface area contributed by atoms with Gasteiger partial charge in [-0.2, -0.15) is 27.0 Å². The maximum absolute atomic E-state index is 14.2. The molecule has 34 heteroatoms. The zero-order valence-corrected chi connectivity index (χ0v) is 81.6. The predicted octanol–water partition coefficient (Wildman–Crippen LogP) is 22.0. The number of aliphatic carboxylic acids is 1. The van der Waals surface area contributed by atoms with Crippen molar-refractivity contribution in [2.24, 2.45) is 0 Å². The summed E-state index contributed by atoms with van der Waals surface area (Å²) in [6.45, 7) is 15.6. The van der Waals surface area contributed by atoms with Gasteiger partial charge < -0.3 is 14.6 Å². The van der Waals surface area contributed by atoms with Crippen LogP contribution in [0.5, 0.6) is 0 Å². The van der Waals surface area contributed by atoms with Crippen LogP contribution in [0, 0.1) is 115 Å². The second-order valence-corrected chi connectivity index (χ2v) is 40.3. The maximum atomic E-state index is 14.2. The van der Waals surface area contributed by atoms with Crippen LogP contribution >= 0.6 is 99.6 Å². The summed E-state index contributed by atoms with van der Waals surface area (Å²) in [4.78, 5) is 90.7. The normalized spacial score (nSPS) is 18.3. The number of nitrogens with one attached hydrogen (secondary N) is 2. The predicted molar refractivity (Wildman–Crippen MR) is 512 cm³/mol. The number of hydrogen-bond acceptors (Lipinski definition) is 19. The summed E-state index contributed by atoms with van der Waals surface area (Å²) < 4.78 is 135. The molecule has 17 nitrogen and oxygen atoms in total. The minimum absolute atomic E-state index is 0. The molecule has 2 amide bonds. The van der Waals surface area contributed by atoms with Crippen molar-refractivity contribution in [2.75, 3.05) is 14.2 Å². The molecular weight excluding hydrogens is 1930 g/mol. The summed E-state index contributed by atoms with van der Waals surface area (Å²) in [6.07, 6.45) is 3.37. The number of rotatable bonds is 14. The fourth-order valence-corrected chi connectivity index (χ4v) is 25.7. The van der Waals surface area contributed by atoms with Crippen LogP contribution in [-0.4, -0.2) is 84.4 Å². The Morgan fingerprint density at radius 3 is 0.791 bits per heavy atom. The molecular formula is C100H89BrF9N7O10S7. The number of hydroxylamine groups is 2. The molecule has 0 radical (unpaired) electrons. The van der Waals surface area contributed by atoms with Crippen LogP contribution in [0.15, 0.2) is 168 Å². The number of halogens is 10. The molecule has 696 valence electrons. The molecule has 0 saturated heterocycles. The molecule has 0 saturated carbocycles. The van der Waals surface area contributed by atoms with Crippen LogP contribution in [0.2, 0.25) is 0 Å². The highest BCUT2D eigenvalue weighted by molar-refractivity contribution is 9.11. The van der Waals surface area contributed by atoms with Gasteiger partial charge >= 0.3 is 17.9 Å². The lowest BCUT2D eigenvalue weighted by atomic mass is 9.75. The van der Waals surface area contributed by atoms with Crippen LogP contribution in [-0.2, 0) is 125 Å². The maximum Gasteiger partial charge on any atom is 0.317 e. The van der Waals surface area contributed by atoms with E-state index >= 15 is 0 Å². The van der Waals surface area contributed by atoms with Crippen molar-refractivity contribution >= 4 is 129 Å².